The SMILES string of the molecule is NS(=O)(=O)c1cccc(NC(=O)c2ccc(I)c(O)c2)c1. The fourth-order valence-electron chi connectivity index (χ4n) is 1.61. The van der Waals surface area contributed by atoms with Crippen LogP contribution in [-0.2, 0) is 10.0 Å². The fourth-order valence-corrected chi connectivity index (χ4v) is 2.50. The predicted molar refractivity (Wildman–Crippen MR) is 86.6 cm³/mol. The van der Waals surface area contributed by atoms with Crippen molar-refractivity contribution in [2.24, 2.45) is 5.14 Å². The van der Waals surface area contributed by atoms with Gasteiger partial charge in [-0.2, -0.15) is 0 Å². The lowest BCUT2D eigenvalue weighted by Gasteiger charge is -2.07. The third kappa shape index (κ3) is 3.93. The van der Waals surface area contributed by atoms with Gasteiger partial charge in [-0.1, -0.05) is 6.07 Å². The van der Waals surface area contributed by atoms with Crippen molar-refractivity contribution in [3.05, 3.63) is 51.6 Å². The van der Waals surface area contributed by atoms with Gasteiger partial charge in [0.15, 0.2) is 0 Å². The first-order valence-electron chi connectivity index (χ1n) is 5.70. The van der Waals surface area contributed by atoms with Crippen LogP contribution in [0.2, 0.25) is 0 Å². The number of anilines is 1. The summed E-state index contributed by atoms with van der Waals surface area (Å²) < 4.78 is 23.1. The minimum Gasteiger partial charge on any atom is -0.507 e. The van der Waals surface area contributed by atoms with E-state index in [0.29, 0.717) is 9.26 Å². The molecule has 0 atom stereocenters. The van der Waals surface area contributed by atoms with E-state index in [0.717, 1.165) is 0 Å². The third-order valence-corrected chi connectivity index (χ3v) is 4.45. The van der Waals surface area contributed by atoms with E-state index in [2.05, 4.69) is 5.32 Å². The number of carbonyl (C=O) groups excluding carboxylic acids is 1. The molecule has 0 radical (unpaired) electrons. The van der Waals surface area contributed by atoms with Gasteiger partial charge in [-0.3, -0.25) is 4.79 Å². The van der Waals surface area contributed by atoms with Crippen LogP contribution < -0.4 is 10.5 Å². The van der Waals surface area contributed by atoms with E-state index in [1.807, 2.05) is 22.6 Å². The molecule has 2 rings (SSSR count). The van der Waals surface area contributed by atoms with Gasteiger partial charge >= 0.3 is 0 Å². The third-order valence-electron chi connectivity index (χ3n) is 2.63. The van der Waals surface area contributed by atoms with Crippen molar-refractivity contribution in [2.75, 3.05) is 5.32 Å². The number of nitrogens with one attached hydrogen (secondary N) is 1. The molecule has 0 aromatic heterocycles. The Kier molecular flexibility index (Phi) is 4.49. The molecular formula is C13H11IN2O4S. The Hall–Kier alpha value is -1.65. The highest BCUT2D eigenvalue weighted by atomic mass is 127. The first kappa shape index (κ1) is 15.7. The molecule has 0 bridgehead atoms. The lowest BCUT2D eigenvalue weighted by atomic mass is 10.2. The van der Waals surface area contributed by atoms with Crippen LogP contribution in [0.1, 0.15) is 10.4 Å². The first-order valence-corrected chi connectivity index (χ1v) is 8.32. The second-order valence-corrected chi connectivity index (χ2v) is 6.92. The molecule has 2 aromatic carbocycles. The molecule has 0 saturated carbocycles. The fraction of sp³-hybridized carbons (Fsp3) is 0. The molecule has 6 nitrogen and oxygen atoms in total. The summed E-state index contributed by atoms with van der Waals surface area (Å²) in [4.78, 5) is 11.9. The zero-order valence-electron chi connectivity index (χ0n) is 10.6. The standard InChI is InChI=1S/C13H11IN2O4S/c14-11-5-4-8(6-12(11)17)13(18)16-9-2-1-3-10(7-9)21(15,19)20/h1-7,17H,(H,16,18)(H2,15,19,20). The number of sulfonamides is 1. The van der Waals surface area contributed by atoms with Gasteiger partial charge in [0, 0.05) is 11.3 Å². The minimum absolute atomic E-state index is 0.00142. The van der Waals surface area contributed by atoms with Gasteiger partial charge in [-0.25, -0.2) is 13.6 Å². The normalized spacial score (nSPS) is 11.1. The summed E-state index contributed by atoms with van der Waals surface area (Å²) >= 11 is 1.94. The summed E-state index contributed by atoms with van der Waals surface area (Å²) in [6.07, 6.45) is 0. The van der Waals surface area contributed by atoms with Crippen LogP contribution in [0.4, 0.5) is 5.69 Å². The highest BCUT2D eigenvalue weighted by molar-refractivity contribution is 14.1. The van der Waals surface area contributed by atoms with E-state index in [1.54, 1.807) is 18.2 Å². The Morgan fingerprint density at radius 2 is 1.90 bits per heavy atom. The Bertz CT molecular complexity index is 806. The lowest BCUT2D eigenvalue weighted by Crippen LogP contribution is -2.14. The van der Waals surface area contributed by atoms with Crippen LogP contribution >= 0.6 is 22.6 Å². The second-order valence-electron chi connectivity index (χ2n) is 4.19. The number of halogens is 1. The van der Waals surface area contributed by atoms with E-state index in [4.69, 9.17) is 5.14 Å². The van der Waals surface area contributed by atoms with Crippen molar-refractivity contribution >= 4 is 44.2 Å². The zero-order valence-corrected chi connectivity index (χ0v) is 13.6. The van der Waals surface area contributed by atoms with E-state index in [9.17, 15) is 18.3 Å². The number of hydrogen-bond donors (Lipinski definition) is 3. The number of hydrogen-bond acceptors (Lipinski definition) is 4. The van der Waals surface area contributed by atoms with E-state index in [-0.39, 0.29) is 16.2 Å². The highest BCUT2D eigenvalue weighted by Gasteiger charge is 2.11. The molecule has 0 aliphatic heterocycles. The van der Waals surface area contributed by atoms with Crippen molar-refractivity contribution in [3.8, 4) is 5.75 Å². The summed E-state index contributed by atoms with van der Waals surface area (Å²) in [5.41, 5.74) is 0.554. The van der Waals surface area contributed by atoms with Crippen molar-refractivity contribution in [2.45, 2.75) is 4.90 Å². The van der Waals surface area contributed by atoms with Crippen molar-refractivity contribution in [3.63, 3.8) is 0 Å². The van der Waals surface area contributed by atoms with Crippen molar-refractivity contribution in [1.82, 2.24) is 0 Å². The maximum atomic E-state index is 12.0. The largest absolute Gasteiger partial charge is 0.507 e. The van der Waals surface area contributed by atoms with Crippen LogP contribution in [0.3, 0.4) is 0 Å². The smallest absolute Gasteiger partial charge is 0.255 e. The number of phenols is 1. The minimum atomic E-state index is -3.83. The quantitative estimate of drug-likeness (QED) is 0.662. The van der Waals surface area contributed by atoms with Crippen LogP contribution in [0.15, 0.2) is 47.4 Å². The number of aromatic hydroxyl groups is 1. The van der Waals surface area contributed by atoms with Gasteiger partial charge in [-0.15, -0.1) is 0 Å². The van der Waals surface area contributed by atoms with Crippen molar-refractivity contribution in [1.29, 1.82) is 0 Å². The summed E-state index contributed by atoms with van der Waals surface area (Å²) in [6.45, 7) is 0. The zero-order chi connectivity index (χ0) is 15.6. The number of amides is 1. The van der Waals surface area contributed by atoms with Gasteiger partial charge in [-0.05, 0) is 59.0 Å². The summed E-state index contributed by atoms with van der Waals surface area (Å²) in [7, 11) is -3.83. The molecule has 0 spiro atoms. The molecule has 0 unspecified atom stereocenters. The maximum absolute atomic E-state index is 12.0. The number of nitrogens with two attached hydrogens (primary N) is 1. The molecule has 4 N–H and O–H groups in total. The van der Waals surface area contributed by atoms with Gasteiger partial charge in [0.25, 0.3) is 5.91 Å². The Morgan fingerprint density at radius 3 is 2.52 bits per heavy atom. The monoisotopic (exact) mass is 418 g/mol. The van der Waals surface area contributed by atoms with E-state index in [1.165, 1.54) is 24.3 Å². The summed E-state index contributed by atoms with van der Waals surface area (Å²) in [5, 5.41) is 17.2. The number of primary sulfonamides is 1. The molecule has 0 fully saturated rings. The summed E-state index contributed by atoms with van der Waals surface area (Å²) in [5.74, 6) is -0.463. The molecule has 0 heterocycles. The molecule has 2 aromatic rings. The number of rotatable bonds is 3. The van der Waals surface area contributed by atoms with Crippen LogP contribution in [0.25, 0.3) is 0 Å². The van der Waals surface area contributed by atoms with Gasteiger partial charge in [0.05, 0.1) is 8.47 Å². The predicted octanol–water partition coefficient (Wildman–Crippen LogP) is 1.90. The second kappa shape index (κ2) is 6.00. The Balaban J connectivity index is 2.25. The van der Waals surface area contributed by atoms with Gasteiger partial charge < -0.3 is 10.4 Å². The molecular weight excluding hydrogens is 407 g/mol. The molecule has 0 saturated heterocycles. The molecule has 8 heteroatoms. The maximum Gasteiger partial charge on any atom is 0.255 e. The average Bonchev–Trinajstić information content (AvgIpc) is 2.41. The molecule has 21 heavy (non-hydrogen) atoms. The van der Waals surface area contributed by atoms with Crippen LogP contribution in [-0.4, -0.2) is 19.4 Å². The Morgan fingerprint density at radius 1 is 1.19 bits per heavy atom. The van der Waals surface area contributed by atoms with Crippen LogP contribution in [0.5, 0.6) is 5.75 Å². The van der Waals surface area contributed by atoms with E-state index >= 15 is 0 Å². The van der Waals surface area contributed by atoms with E-state index < -0.39 is 15.9 Å². The molecule has 110 valence electrons. The first-order chi connectivity index (χ1) is 9.77. The highest BCUT2D eigenvalue weighted by Crippen LogP contribution is 2.21. The lowest BCUT2D eigenvalue weighted by molar-refractivity contribution is 0.102. The molecule has 1 amide bonds. The topological polar surface area (TPSA) is 109 Å². The summed E-state index contributed by atoms with van der Waals surface area (Å²) in [6, 6.07) is 10.1. The Labute approximate surface area is 135 Å². The van der Waals surface area contributed by atoms with Gasteiger partial charge in [0.1, 0.15) is 5.75 Å². The molecule has 0 aliphatic carbocycles. The van der Waals surface area contributed by atoms with Crippen molar-refractivity contribution < 1.29 is 18.3 Å². The number of phenolic OH excluding ortho intramolecular Hbond substituents is 1. The average molecular weight is 418 g/mol. The van der Waals surface area contributed by atoms with Crippen LogP contribution in [0, 0.1) is 3.57 Å². The number of carbonyl (C=O) groups is 1. The number of benzene rings is 2. The molecule has 0 aliphatic rings. The van der Waals surface area contributed by atoms with Gasteiger partial charge in [0.2, 0.25) is 10.0 Å².